The van der Waals surface area contributed by atoms with Gasteiger partial charge in [-0.05, 0) is 113 Å². The maximum atomic E-state index is 12.5. The lowest BCUT2D eigenvalue weighted by Gasteiger charge is -2.09. The van der Waals surface area contributed by atoms with Crippen LogP contribution in [0.3, 0.4) is 0 Å². The van der Waals surface area contributed by atoms with Crippen molar-refractivity contribution < 1.29 is 9.53 Å². The Morgan fingerprint density at radius 2 is 1.76 bits per heavy atom. The van der Waals surface area contributed by atoms with Crippen molar-refractivity contribution in [1.29, 1.82) is 0 Å². The molecule has 3 aromatic carbocycles. The fraction of sp³-hybridized carbons (Fsp3) is 0.120. The Bertz CT molecular complexity index is 1270. The average molecular weight is 698 g/mol. The van der Waals surface area contributed by atoms with Gasteiger partial charge in [0.15, 0.2) is 5.17 Å². The highest BCUT2D eigenvalue weighted by molar-refractivity contribution is 14.1. The first-order chi connectivity index (χ1) is 15.8. The number of carbonyl (C=O) groups is 1. The van der Waals surface area contributed by atoms with Crippen LogP contribution in [0, 0.1) is 17.4 Å². The number of carbonyl (C=O) groups excluding carboxylic acids is 1. The highest BCUT2D eigenvalue weighted by atomic mass is 127. The number of amides is 1. The monoisotopic (exact) mass is 696 g/mol. The molecule has 3 aromatic rings. The minimum atomic E-state index is -0.144. The van der Waals surface area contributed by atoms with Gasteiger partial charge in [0.1, 0.15) is 12.4 Å². The zero-order valence-electron chi connectivity index (χ0n) is 17.8. The largest absolute Gasteiger partial charge is 0.488 e. The highest BCUT2D eigenvalue weighted by Gasteiger charge is 2.24. The van der Waals surface area contributed by atoms with E-state index in [0.717, 1.165) is 46.2 Å². The van der Waals surface area contributed by atoms with Gasteiger partial charge in [-0.25, -0.2) is 4.99 Å². The maximum Gasteiger partial charge on any atom is 0.264 e. The summed E-state index contributed by atoms with van der Waals surface area (Å²) in [5.74, 6) is 0.669. The molecule has 1 amide bonds. The second kappa shape index (κ2) is 10.8. The molecule has 1 fully saturated rings. The number of amidine groups is 1. The molecular formula is C25H19Br2IN2O2S. The number of halogens is 3. The molecule has 4 nitrogen and oxygen atoms in total. The molecule has 33 heavy (non-hydrogen) atoms. The van der Waals surface area contributed by atoms with Crippen LogP contribution < -0.4 is 10.1 Å². The number of nitrogens with zero attached hydrogens (tertiary/aromatic N) is 1. The minimum absolute atomic E-state index is 0.144. The van der Waals surface area contributed by atoms with Crippen LogP contribution in [-0.2, 0) is 11.4 Å². The second-order valence-electron chi connectivity index (χ2n) is 7.48. The van der Waals surface area contributed by atoms with Gasteiger partial charge in [-0.3, -0.25) is 4.79 Å². The summed E-state index contributed by atoms with van der Waals surface area (Å²) in [6.45, 7) is 4.55. The Balaban J connectivity index is 1.46. The third-order valence-corrected chi connectivity index (χ3v) is 8.40. The van der Waals surface area contributed by atoms with Crippen LogP contribution in [-0.4, -0.2) is 11.1 Å². The molecule has 0 saturated carbocycles. The van der Waals surface area contributed by atoms with Crippen molar-refractivity contribution in [2.24, 2.45) is 4.99 Å². The van der Waals surface area contributed by atoms with E-state index in [1.807, 2.05) is 74.5 Å². The predicted octanol–water partition coefficient (Wildman–Crippen LogP) is 7.90. The molecule has 0 radical (unpaired) electrons. The van der Waals surface area contributed by atoms with Gasteiger partial charge in [0.2, 0.25) is 0 Å². The highest BCUT2D eigenvalue weighted by Crippen LogP contribution is 2.32. The van der Waals surface area contributed by atoms with Crippen molar-refractivity contribution in [1.82, 2.24) is 5.32 Å². The quantitative estimate of drug-likeness (QED) is 0.218. The number of thioether (sulfide) groups is 1. The number of rotatable bonds is 5. The van der Waals surface area contributed by atoms with E-state index >= 15 is 0 Å². The Morgan fingerprint density at radius 1 is 1.06 bits per heavy atom. The van der Waals surface area contributed by atoms with E-state index in [1.54, 1.807) is 0 Å². The van der Waals surface area contributed by atoms with E-state index in [-0.39, 0.29) is 5.91 Å². The molecular weight excluding hydrogens is 679 g/mol. The number of hydrogen-bond acceptors (Lipinski definition) is 4. The van der Waals surface area contributed by atoms with Gasteiger partial charge < -0.3 is 10.1 Å². The number of benzene rings is 3. The summed E-state index contributed by atoms with van der Waals surface area (Å²) >= 11 is 10.6. The fourth-order valence-electron chi connectivity index (χ4n) is 3.20. The smallest absolute Gasteiger partial charge is 0.264 e. The standard InChI is InChI=1S/C25H19Br2IN2O2S/c1-14-9-19(10-15(2)23(14)27)29-25-30-24(31)22(33-25)12-17-5-8-21(20(28)11-17)32-13-16-3-6-18(26)7-4-16/h3-12H,13H2,1-2H3,(H,29,30,31)/b22-12-. The molecule has 8 heteroatoms. The molecule has 0 bridgehead atoms. The van der Waals surface area contributed by atoms with Crippen molar-refractivity contribution >= 4 is 89.1 Å². The van der Waals surface area contributed by atoms with Gasteiger partial charge in [0.05, 0.1) is 14.2 Å². The molecule has 1 N–H and O–H groups in total. The van der Waals surface area contributed by atoms with Crippen LogP contribution in [0.5, 0.6) is 5.75 Å². The summed E-state index contributed by atoms with van der Waals surface area (Å²) in [5.41, 5.74) is 5.07. The molecule has 0 aliphatic carbocycles. The van der Waals surface area contributed by atoms with E-state index < -0.39 is 0 Å². The second-order valence-corrected chi connectivity index (χ2v) is 11.4. The van der Waals surface area contributed by atoms with Crippen molar-refractivity contribution in [3.05, 3.63) is 94.3 Å². The molecule has 0 unspecified atom stereocenters. The van der Waals surface area contributed by atoms with Crippen molar-refractivity contribution in [3.8, 4) is 5.75 Å². The molecule has 0 spiro atoms. The Kier molecular flexibility index (Phi) is 7.99. The molecule has 1 aliphatic heterocycles. The van der Waals surface area contributed by atoms with Crippen LogP contribution >= 0.6 is 66.2 Å². The average Bonchev–Trinajstić information content (AvgIpc) is 3.11. The molecule has 0 aromatic heterocycles. The number of aliphatic imine (C=N–C) groups is 1. The first-order valence-corrected chi connectivity index (χ1v) is 13.5. The lowest BCUT2D eigenvalue weighted by molar-refractivity contribution is -0.115. The third-order valence-electron chi connectivity index (χ3n) is 4.86. The van der Waals surface area contributed by atoms with Crippen LogP contribution in [0.15, 0.2) is 73.4 Å². The van der Waals surface area contributed by atoms with E-state index in [4.69, 9.17) is 4.74 Å². The minimum Gasteiger partial charge on any atom is -0.488 e. The van der Waals surface area contributed by atoms with Crippen LogP contribution in [0.25, 0.3) is 6.08 Å². The van der Waals surface area contributed by atoms with E-state index in [0.29, 0.717) is 16.7 Å². The van der Waals surface area contributed by atoms with Gasteiger partial charge in [-0.1, -0.05) is 50.1 Å². The SMILES string of the molecule is Cc1cc(N=C2NC(=O)/C(=C/c3ccc(OCc4ccc(Br)cc4)c(I)c3)S2)cc(C)c1Br. The maximum absolute atomic E-state index is 12.5. The van der Waals surface area contributed by atoms with Crippen molar-refractivity contribution in [3.63, 3.8) is 0 Å². The Morgan fingerprint density at radius 3 is 2.42 bits per heavy atom. The molecule has 168 valence electrons. The summed E-state index contributed by atoms with van der Waals surface area (Å²) in [7, 11) is 0. The van der Waals surface area contributed by atoms with Crippen molar-refractivity contribution in [2.75, 3.05) is 0 Å². The summed E-state index contributed by atoms with van der Waals surface area (Å²) in [4.78, 5) is 17.7. The normalized spacial score (nSPS) is 15.8. The molecule has 1 saturated heterocycles. The molecule has 1 heterocycles. The zero-order valence-corrected chi connectivity index (χ0v) is 23.9. The zero-order chi connectivity index (χ0) is 23.5. The Labute approximate surface area is 227 Å². The van der Waals surface area contributed by atoms with Crippen LogP contribution in [0.1, 0.15) is 22.3 Å². The van der Waals surface area contributed by atoms with E-state index in [2.05, 4.69) is 64.8 Å². The number of aryl methyl sites for hydroxylation is 2. The van der Waals surface area contributed by atoms with Gasteiger partial charge >= 0.3 is 0 Å². The van der Waals surface area contributed by atoms with Gasteiger partial charge in [0, 0.05) is 8.95 Å². The number of ether oxygens (including phenoxy) is 1. The third kappa shape index (κ3) is 6.29. The predicted molar refractivity (Wildman–Crippen MR) is 152 cm³/mol. The van der Waals surface area contributed by atoms with Gasteiger partial charge in [0.25, 0.3) is 5.91 Å². The van der Waals surface area contributed by atoms with E-state index in [9.17, 15) is 4.79 Å². The van der Waals surface area contributed by atoms with Crippen molar-refractivity contribution in [2.45, 2.75) is 20.5 Å². The number of nitrogens with one attached hydrogen (secondary N) is 1. The lowest BCUT2D eigenvalue weighted by atomic mass is 10.1. The molecule has 0 atom stereocenters. The Hall–Kier alpha value is -1.62. The first-order valence-electron chi connectivity index (χ1n) is 10.0. The van der Waals surface area contributed by atoms with Gasteiger partial charge in [-0.15, -0.1) is 0 Å². The molecule has 1 aliphatic rings. The summed E-state index contributed by atoms with van der Waals surface area (Å²) in [6.07, 6.45) is 1.88. The van der Waals surface area contributed by atoms with Crippen LogP contribution in [0.2, 0.25) is 0 Å². The van der Waals surface area contributed by atoms with Gasteiger partial charge in [-0.2, -0.15) is 0 Å². The van der Waals surface area contributed by atoms with Crippen LogP contribution in [0.4, 0.5) is 5.69 Å². The summed E-state index contributed by atoms with van der Waals surface area (Å²) in [6, 6.07) is 17.9. The first kappa shape index (κ1) is 24.5. The topological polar surface area (TPSA) is 50.7 Å². The fourth-order valence-corrected chi connectivity index (χ4v) is 5.23. The summed E-state index contributed by atoms with van der Waals surface area (Å²) in [5, 5.41) is 3.44. The van der Waals surface area contributed by atoms with E-state index in [1.165, 1.54) is 11.8 Å². The summed E-state index contributed by atoms with van der Waals surface area (Å²) < 4.78 is 9.07. The molecule has 4 rings (SSSR count). The lowest BCUT2D eigenvalue weighted by Crippen LogP contribution is -2.19. The number of hydrogen-bond donors (Lipinski definition) is 1.